The monoisotopic (exact) mass is 273 g/mol. The summed E-state index contributed by atoms with van der Waals surface area (Å²) in [4.78, 5) is 3.31. The molecular formula is C17H25N2O+. The fraction of sp³-hybridized carbons (Fsp3) is 0.588. The predicted molar refractivity (Wildman–Crippen MR) is 81.1 cm³/mol. The molecule has 1 fully saturated rings. The largest absolute Gasteiger partial charge is 0.373 e. The van der Waals surface area contributed by atoms with Gasteiger partial charge in [-0.3, -0.25) is 0 Å². The molecule has 0 bridgehead atoms. The van der Waals surface area contributed by atoms with E-state index in [0.717, 1.165) is 17.6 Å². The van der Waals surface area contributed by atoms with Crippen LogP contribution in [0, 0.1) is 12.5 Å². The van der Waals surface area contributed by atoms with Crippen molar-refractivity contribution in [3.05, 3.63) is 47.3 Å². The summed E-state index contributed by atoms with van der Waals surface area (Å²) in [6.07, 6.45) is 2.47. The van der Waals surface area contributed by atoms with Gasteiger partial charge in [0.05, 0.1) is 26.7 Å². The molecule has 0 radical (unpaired) electrons. The van der Waals surface area contributed by atoms with Crippen molar-refractivity contribution in [1.29, 1.82) is 0 Å². The second-order valence-electron chi connectivity index (χ2n) is 6.11. The molecule has 0 saturated carbocycles. The lowest BCUT2D eigenvalue weighted by Crippen LogP contribution is -2.49. The van der Waals surface area contributed by atoms with Gasteiger partial charge in [0.2, 0.25) is 6.54 Å². The van der Waals surface area contributed by atoms with Crippen molar-refractivity contribution in [3.8, 4) is 0 Å². The van der Waals surface area contributed by atoms with Crippen molar-refractivity contribution >= 4 is 0 Å². The molecule has 0 aromatic heterocycles. The SMILES string of the molecule is [C-]#[N+]CCOCC1CC[N+](C)(Cc2ccccc2)CC1. The zero-order valence-corrected chi connectivity index (χ0v) is 12.4. The Morgan fingerprint density at radius 3 is 2.60 bits per heavy atom. The van der Waals surface area contributed by atoms with Gasteiger partial charge in [0.25, 0.3) is 0 Å². The Hall–Kier alpha value is -1.37. The number of hydrogen-bond donors (Lipinski definition) is 0. The van der Waals surface area contributed by atoms with E-state index in [9.17, 15) is 0 Å². The lowest BCUT2D eigenvalue weighted by Gasteiger charge is -2.40. The molecule has 0 amide bonds. The fourth-order valence-electron chi connectivity index (χ4n) is 2.95. The maximum Gasteiger partial charge on any atom is 0.237 e. The number of piperidine rings is 1. The molecule has 108 valence electrons. The highest BCUT2D eigenvalue weighted by Crippen LogP contribution is 2.24. The summed E-state index contributed by atoms with van der Waals surface area (Å²) in [5.74, 6) is 0.683. The van der Waals surface area contributed by atoms with Gasteiger partial charge in [-0.2, -0.15) is 0 Å². The van der Waals surface area contributed by atoms with E-state index in [2.05, 4.69) is 42.2 Å². The van der Waals surface area contributed by atoms with Crippen molar-refractivity contribution in [2.75, 3.05) is 39.9 Å². The van der Waals surface area contributed by atoms with E-state index < -0.39 is 0 Å². The molecule has 1 aromatic carbocycles. The summed E-state index contributed by atoms with van der Waals surface area (Å²) in [5, 5.41) is 0. The van der Waals surface area contributed by atoms with Crippen LogP contribution in [-0.2, 0) is 11.3 Å². The van der Waals surface area contributed by atoms with Crippen LogP contribution in [-0.4, -0.2) is 44.4 Å². The average Bonchev–Trinajstić information content (AvgIpc) is 2.46. The summed E-state index contributed by atoms with van der Waals surface area (Å²) in [7, 11) is 2.36. The Balaban J connectivity index is 1.74. The molecule has 0 spiro atoms. The van der Waals surface area contributed by atoms with Crippen LogP contribution in [0.4, 0.5) is 0 Å². The summed E-state index contributed by atoms with van der Waals surface area (Å²) < 4.78 is 6.72. The maximum absolute atomic E-state index is 6.73. The van der Waals surface area contributed by atoms with Crippen molar-refractivity contribution in [3.63, 3.8) is 0 Å². The Kier molecular flexibility index (Phi) is 5.58. The van der Waals surface area contributed by atoms with E-state index in [1.165, 1.54) is 31.5 Å². The average molecular weight is 273 g/mol. The first-order valence-electron chi connectivity index (χ1n) is 7.50. The highest BCUT2D eigenvalue weighted by atomic mass is 16.5. The van der Waals surface area contributed by atoms with Gasteiger partial charge in [-0.05, 0) is 5.92 Å². The minimum absolute atomic E-state index is 0.495. The normalized spacial score (nSPS) is 26.1. The topological polar surface area (TPSA) is 13.6 Å². The maximum atomic E-state index is 6.73. The second-order valence-corrected chi connectivity index (χ2v) is 6.11. The molecule has 1 aromatic rings. The zero-order valence-electron chi connectivity index (χ0n) is 12.4. The Morgan fingerprint density at radius 1 is 1.25 bits per heavy atom. The molecule has 2 rings (SSSR count). The van der Waals surface area contributed by atoms with E-state index in [-0.39, 0.29) is 0 Å². The minimum Gasteiger partial charge on any atom is -0.373 e. The molecule has 0 atom stereocenters. The smallest absolute Gasteiger partial charge is 0.237 e. The molecular weight excluding hydrogens is 248 g/mol. The number of rotatable bonds is 6. The molecule has 1 aliphatic rings. The van der Waals surface area contributed by atoms with Crippen LogP contribution in [0.1, 0.15) is 18.4 Å². The van der Waals surface area contributed by atoms with Gasteiger partial charge < -0.3 is 14.1 Å². The highest BCUT2D eigenvalue weighted by molar-refractivity contribution is 5.13. The molecule has 1 saturated heterocycles. The third-order valence-electron chi connectivity index (χ3n) is 4.26. The number of benzene rings is 1. The number of quaternary nitrogens is 1. The van der Waals surface area contributed by atoms with E-state index >= 15 is 0 Å². The summed E-state index contributed by atoms with van der Waals surface area (Å²) in [6.45, 7) is 12.2. The predicted octanol–water partition coefficient (Wildman–Crippen LogP) is 2.98. The lowest BCUT2D eigenvalue weighted by atomic mass is 9.95. The van der Waals surface area contributed by atoms with E-state index in [1.807, 2.05) is 0 Å². The third kappa shape index (κ3) is 4.63. The van der Waals surface area contributed by atoms with Crippen LogP contribution in [0.3, 0.4) is 0 Å². The van der Waals surface area contributed by atoms with Crippen LogP contribution in [0.5, 0.6) is 0 Å². The van der Waals surface area contributed by atoms with Crippen molar-refractivity contribution in [1.82, 2.24) is 0 Å². The van der Waals surface area contributed by atoms with E-state index in [4.69, 9.17) is 11.3 Å². The van der Waals surface area contributed by atoms with Gasteiger partial charge >= 0.3 is 0 Å². The van der Waals surface area contributed by atoms with Crippen molar-refractivity contribution < 1.29 is 9.22 Å². The van der Waals surface area contributed by atoms with Crippen LogP contribution >= 0.6 is 0 Å². The minimum atomic E-state index is 0.495. The van der Waals surface area contributed by atoms with Gasteiger partial charge in [-0.25, -0.2) is 6.57 Å². The van der Waals surface area contributed by atoms with Crippen molar-refractivity contribution in [2.45, 2.75) is 19.4 Å². The molecule has 3 nitrogen and oxygen atoms in total. The molecule has 20 heavy (non-hydrogen) atoms. The fourth-order valence-corrected chi connectivity index (χ4v) is 2.95. The summed E-state index contributed by atoms with van der Waals surface area (Å²) in [6, 6.07) is 10.8. The van der Waals surface area contributed by atoms with Crippen molar-refractivity contribution in [2.24, 2.45) is 5.92 Å². The molecule has 3 heteroatoms. The van der Waals surface area contributed by atoms with Crippen LogP contribution in [0.2, 0.25) is 0 Å². The molecule has 0 aliphatic carbocycles. The van der Waals surface area contributed by atoms with Gasteiger partial charge in [0.1, 0.15) is 13.2 Å². The second kappa shape index (κ2) is 7.42. The van der Waals surface area contributed by atoms with E-state index in [1.54, 1.807) is 0 Å². The highest BCUT2D eigenvalue weighted by Gasteiger charge is 2.30. The summed E-state index contributed by atoms with van der Waals surface area (Å²) in [5.41, 5.74) is 1.43. The quantitative estimate of drug-likeness (QED) is 0.441. The van der Waals surface area contributed by atoms with Gasteiger partial charge in [0.15, 0.2) is 0 Å². The van der Waals surface area contributed by atoms with Crippen LogP contribution in [0.25, 0.3) is 4.85 Å². The van der Waals surface area contributed by atoms with E-state index in [0.29, 0.717) is 19.1 Å². The van der Waals surface area contributed by atoms with Crippen LogP contribution in [0.15, 0.2) is 30.3 Å². The lowest BCUT2D eigenvalue weighted by molar-refractivity contribution is -0.928. The number of likely N-dealkylation sites (tertiary alicyclic amines) is 1. The standard InChI is InChI=1S/C17H25N2O/c1-18-10-13-20-15-17-8-11-19(2,12-9-17)14-16-6-4-3-5-7-16/h3-7,17H,8-15H2,2H3/q+1. The zero-order chi connectivity index (χ0) is 14.3. The molecule has 0 N–H and O–H groups in total. The Labute approximate surface area is 122 Å². The Bertz CT molecular complexity index is 430. The third-order valence-corrected chi connectivity index (χ3v) is 4.26. The van der Waals surface area contributed by atoms with Gasteiger partial charge in [0, 0.05) is 18.4 Å². The number of ether oxygens (including phenoxy) is 1. The first kappa shape index (κ1) is 15.0. The molecule has 0 unspecified atom stereocenters. The van der Waals surface area contributed by atoms with Gasteiger partial charge in [-0.1, -0.05) is 30.3 Å². The van der Waals surface area contributed by atoms with Gasteiger partial charge in [-0.15, -0.1) is 0 Å². The number of nitrogens with zero attached hydrogens (tertiary/aromatic N) is 2. The first-order valence-corrected chi connectivity index (χ1v) is 7.50. The Morgan fingerprint density at radius 2 is 1.95 bits per heavy atom. The number of hydrogen-bond acceptors (Lipinski definition) is 1. The summed E-state index contributed by atoms with van der Waals surface area (Å²) >= 11 is 0. The molecule has 1 heterocycles. The first-order chi connectivity index (χ1) is 9.72. The molecule has 1 aliphatic heterocycles. The van der Waals surface area contributed by atoms with Crippen LogP contribution < -0.4 is 0 Å².